The monoisotopic (exact) mass is 444 g/mol. The molecule has 1 fully saturated rings. The zero-order valence-corrected chi connectivity index (χ0v) is 19.3. The Morgan fingerprint density at radius 1 is 1.14 bits per heavy atom. The van der Waals surface area contributed by atoms with E-state index in [1.54, 1.807) is 7.11 Å². The number of hydrogen-bond donors (Lipinski definition) is 2. The summed E-state index contributed by atoms with van der Waals surface area (Å²) in [6.07, 6.45) is 1.10. The highest BCUT2D eigenvalue weighted by molar-refractivity contribution is 6.30. The van der Waals surface area contributed by atoms with Gasteiger partial charge >= 0.3 is 0 Å². The van der Waals surface area contributed by atoms with Crippen LogP contribution in [0, 0.1) is 0 Å². The molecule has 1 aliphatic heterocycles. The molecule has 6 heteroatoms. The van der Waals surface area contributed by atoms with Gasteiger partial charge in [-0.2, -0.15) is 0 Å². The van der Waals surface area contributed by atoms with Crippen molar-refractivity contribution in [3.63, 3.8) is 0 Å². The van der Waals surface area contributed by atoms with Crippen molar-refractivity contribution in [1.29, 1.82) is 0 Å². The molecule has 0 aromatic heterocycles. The minimum atomic E-state index is 0. The molecule has 3 rings (SSSR count). The zero-order chi connectivity index (χ0) is 18.7. The van der Waals surface area contributed by atoms with E-state index in [4.69, 9.17) is 16.3 Å². The van der Waals surface area contributed by atoms with Crippen molar-refractivity contribution in [1.82, 2.24) is 10.6 Å². The summed E-state index contributed by atoms with van der Waals surface area (Å²) in [4.78, 5) is 0. The molecular formula is C22H31Cl3N2O. The van der Waals surface area contributed by atoms with Gasteiger partial charge in [-0.25, -0.2) is 0 Å². The van der Waals surface area contributed by atoms with Crippen LogP contribution in [-0.4, -0.2) is 19.7 Å². The predicted octanol–water partition coefficient (Wildman–Crippen LogP) is 5.68. The third-order valence-corrected chi connectivity index (χ3v) is 5.37. The highest BCUT2D eigenvalue weighted by Crippen LogP contribution is 2.30. The lowest BCUT2D eigenvalue weighted by atomic mass is 9.86. The third-order valence-electron chi connectivity index (χ3n) is 5.13. The van der Waals surface area contributed by atoms with E-state index in [1.165, 1.54) is 16.7 Å². The summed E-state index contributed by atoms with van der Waals surface area (Å²) in [5.74, 6) is 0.941. The van der Waals surface area contributed by atoms with Gasteiger partial charge in [-0.1, -0.05) is 56.6 Å². The Bertz CT molecular complexity index is 762. The van der Waals surface area contributed by atoms with Crippen LogP contribution >= 0.6 is 36.4 Å². The van der Waals surface area contributed by atoms with Gasteiger partial charge in [0.15, 0.2) is 0 Å². The van der Waals surface area contributed by atoms with Crippen molar-refractivity contribution in [3.8, 4) is 5.75 Å². The lowest BCUT2D eigenvalue weighted by molar-refractivity contribution is 0.400. The molecule has 2 N–H and O–H groups in total. The largest absolute Gasteiger partial charge is 0.496 e. The smallest absolute Gasteiger partial charge is 0.123 e. The van der Waals surface area contributed by atoms with Gasteiger partial charge < -0.3 is 15.4 Å². The Morgan fingerprint density at radius 2 is 1.89 bits per heavy atom. The second kappa shape index (κ2) is 10.7. The maximum atomic E-state index is 6.18. The molecule has 0 aliphatic carbocycles. The Balaban J connectivity index is 0.00000196. The fourth-order valence-corrected chi connectivity index (χ4v) is 3.80. The molecule has 2 aromatic rings. The lowest BCUT2D eigenvalue weighted by Gasteiger charge is -2.24. The second-order valence-corrected chi connectivity index (χ2v) is 8.48. The van der Waals surface area contributed by atoms with Crippen molar-refractivity contribution >= 4 is 36.4 Å². The van der Waals surface area contributed by atoms with Gasteiger partial charge in [-0.15, -0.1) is 24.8 Å². The van der Waals surface area contributed by atoms with Gasteiger partial charge in [0.25, 0.3) is 0 Å². The summed E-state index contributed by atoms with van der Waals surface area (Å²) in [6, 6.07) is 15.3. The molecule has 1 saturated heterocycles. The zero-order valence-electron chi connectivity index (χ0n) is 16.9. The first-order valence-corrected chi connectivity index (χ1v) is 9.66. The highest BCUT2D eigenvalue weighted by Gasteiger charge is 2.28. The molecule has 0 radical (unpaired) electrons. The van der Waals surface area contributed by atoms with E-state index < -0.39 is 0 Å². The van der Waals surface area contributed by atoms with Gasteiger partial charge in [0.1, 0.15) is 5.75 Å². The molecule has 1 heterocycles. The molecule has 3 nitrogen and oxygen atoms in total. The quantitative estimate of drug-likeness (QED) is 0.621. The first-order valence-electron chi connectivity index (χ1n) is 9.28. The fraction of sp³-hybridized carbons (Fsp3) is 0.455. The summed E-state index contributed by atoms with van der Waals surface area (Å²) in [6.45, 7) is 8.51. The SMILES string of the molecule is COc1ccc(C(C)(C)C)cc1CN[C@@H]1CCN[C@@H]1c1cccc(Cl)c1.Cl.Cl. The molecular weight excluding hydrogens is 415 g/mol. The van der Waals surface area contributed by atoms with E-state index in [2.05, 4.69) is 61.7 Å². The summed E-state index contributed by atoms with van der Waals surface area (Å²) < 4.78 is 5.58. The molecule has 0 unspecified atom stereocenters. The molecule has 0 spiro atoms. The average Bonchev–Trinajstić information content (AvgIpc) is 3.07. The average molecular weight is 446 g/mol. The van der Waals surface area contributed by atoms with Crippen LogP contribution in [-0.2, 0) is 12.0 Å². The minimum Gasteiger partial charge on any atom is -0.496 e. The summed E-state index contributed by atoms with van der Waals surface area (Å²) >= 11 is 6.18. The topological polar surface area (TPSA) is 33.3 Å². The number of rotatable bonds is 5. The Morgan fingerprint density at radius 3 is 2.54 bits per heavy atom. The predicted molar refractivity (Wildman–Crippen MR) is 124 cm³/mol. The Kier molecular flexibility index (Phi) is 9.58. The molecule has 28 heavy (non-hydrogen) atoms. The Labute approximate surface area is 186 Å². The van der Waals surface area contributed by atoms with Crippen molar-refractivity contribution in [2.45, 2.75) is 51.2 Å². The van der Waals surface area contributed by atoms with Gasteiger partial charge in [0.2, 0.25) is 0 Å². The van der Waals surface area contributed by atoms with Crippen LogP contribution in [0.1, 0.15) is 49.9 Å². The standard InChI is InChI=1S/C22H29ClN2O.2ClH/c1-22(2,3)17-8-9-20(26-4)16(12-17)14-25-19-10-11-24-21(19)15-6-5-7-18(23)13-15;;/h5-9,12-13,19,21,24-25H,10-11,14H2,1-4H3;2*1H/t19-,21-;;/m1../s1. The van der Waals surface area contributed by atoms with Crippen LogP contribution in [0.3, 0.4) is 0 Å². The van der Waals surface area contributed by atoms with Gasteiger partial charge in [0.05, 0.1) is 7.11 Å². The van der Waals surface area contributed by atoms with E-state index in [0.717, 1.165) is 30.3 Å². The number of halogens is 3. The van der Waals surface area contributed by atoms with Gasteiger partial charge in [-0.05, 0) is 47.7 Å². The van der Waals surface area contributed by atoms with Crippen LogP contribution in [0.2, 0.25) is 5.02 Å². The molecule has 2 atom stereocenters. The number of benzene rings is 2. The number of methoxy groups -OCH3 is 1. The number of ether oxygens (including phenoxy) is 1. The molecule has 156 valence electrons. The Hall–Kier alpha value is -0.970. The van der Waals surface area contributed by atoms with E-state index in [-0.39, 0.29) is 36.3 Å². The number of nitrogens with one attached hydrogen (secondary N) is 2. The van der Waals surface area contributed by atoms with Crippen LogP contribution in [0.15, 0.2) is 42.5 Å². The van der Waals surface area contributed by atoms with Crippen LogP contribution in [0.25, 0.3) is 0 Å². The molecule has 1 aliphatic rings. The summed E-state index contributed by atoms with van der Waals surface area (Å²) in [7, 11) is 1.74. The van der Waals surface area contributed by atoms with Crippen molar-refractivity contribution in [3.05, 3.63) is 64.2 Å². The van der Waals surface area contributed by atoms with E-state index in [9.17, 15) is 0 Å². The van der Waals surface area contributed by atoms with Gasteiger partial charge in [0, 0.05) is 29.2 Å². The first kappa shape index (κ1) is 25.1. The van der Waals surface area contributed by atoms with Crippen LogP contribution < -0.4 is 15.4 Å². The van der Waals surface area contributed by atoms with Crippen molar-refractivity contribution in [2.24, 2.45) is 0 Å². The van der Waals surface area contributed by atoms with Crippen LogP contribution in [0.5, 0.6) is 5.75 Å². The lowest BCUT2D eigenvalue weighted by Crippen LogP contribution is -2.34. The molecule has 0 bridgehead atoms. The van der Waals surface area contributed by atoms with E-state index >= 15 is 0 Å². The van der Waals surface area contributed by atoms with Crippen molar-refractivity contribution < 1.29 is 4.74 Å². The van der Waals surface area contributed by atoms with Crippen LogP contribution in [0.4, 0.5) is 0 Å². The van der Waals surface area contributed by atoms with E-state index in [1.807, 2.05) is 12.1 Å². The maximum Gasteiger partial charge on any atom is 0.123 e. The molecule has 2 aromatic carbocycles. The summed E-state index contributed by atoms with van der Waals surface area (Å²) in [5, 5.41) is 8.12. The first-order chi connectivity index (χ1) is 12.4. The van der Waals surface area contributed by atoms with Gasteiger partial charge in [-0.3, -0.25) is 0 Å². The van der Waals surface area contributed by atoms with Crippen molar-refractivity contribution in [2.75, 3.05) is 13.7 Å². The minimum absolute atomic E-state index is 0. The maximum absolute atomic E-state index is 6.18. The van der Waals surface area contributed by atoms with E-state index in [0.29, 0.717) is 6.04 Å². The third kappa shape index (κ3) is 6.01. The highest BCUT2D eigenvalue weighted by atomic mass is 35.5. The normalized spacial score (nSPS) is 18.9. The number of hydrogen-bond acceptors (Lipinski definition) is 3. The molecule has 0 saturated carbocycles. The second-order valence-electron chi connectivity index (χ2n) is 8.04. The summed E-state index contributed by atoms with van der Waals surface area (Å²) in [5.41, 5.74) is 3.89. The fourth-order valence-electron chi connectivity index (χ4n) is 3.60. The molecule has 0 amide bonds.